The zero-order chi connectivity index (χ0) is 16.2. The number of rotatable bonds is 4. The number of carbonyl (C=O) groups is 1. The highest BCUT2D eigenvalue weighted by Gasteiger charge is 2.17. The number of aromatic nitrogens is 2. The van der Waals surface area contributed by atoms with Gasteiger partial charge in [-0.3, -0.25) is 4.79 Å². The van der Waals surface area contributed by atoms with E-state index in [4.69, 9.17) is 0 Å². The number of hydrogen-bond acceptors (Lipinski definition) is 4. The molecule has 0 atom stereocenters. The average molecular weight is 318 g/mol. The Kier molecular flexibility index (Phi) is 4.45. The number of anilines is 2. The van der Waals surface area contributed by atoms with Gasteiger partial charge in [0.1, 0.15) is 5.69 Å². The van der Waals surface area contributed by atoms with Gasteiger partial charge in [0.25, 0.3) is 5.91 Å². The van der Waals surface area contributed by atoms with Crippen LogP contribution in [0.5, 0.6) is 0 Å². The standard InChI is InChI=1S/C16H16F2N4O/c17-12-6-5-11(9-13(12)18)20-15(23)14-7-8-19-16(22-14)21-10-3-1-2-4-10/h5-10H,1-4H2,(H,20,23)(H,19,21,22). The van der Waals surface area contributed by atoms with E-state index in [-0.39, 0.29) is 11.4 Å². The summed E-state index contributed by atoms with van der Waals surface area (Å²) < 4.78 is 26.1. The summed E-state index contributed by atoms with van der Waals surface area (Å²) in [5.74, 6) is -2.09. The van der Waals surface area contributed by atoms with Gasteiger partial charge in [0.2, 0.25) is 5.95 Å². The molecule has 0 bridgehead atoms. The highest BCUT2D eigenvalue weighted by molar-refractivity contribution is 6.02. The van der Waals surface area contributed by atoms with Crippen LogP contribution in [0.4, 0.5) is 20.4 Å². The molecule has 1 aromatic carbocycles. The Morgan fingerprint density at radius 1 is 1.13 bits per heavy atom. The fourth-order valence-electron chi connectivity index (χ4n) is 2.58. The molecular weight excluding hydrogens is 302 g/mol. The molecule has 2 aromatic rings. The lowest BCUT2D eigenvalue weighted by Crippen LogP contribution is -2.19. The van der Waals surface area contributed by atoms with Gasteiger partial charge in [-0.15, -0.1) is 0 Å². The molecule has 3 rings (SSSR count). The fraction of sp³-hybridized carbons (Fsp3) is 0.312. The van der Waals surface area contributed by atoms with E-state index < -0.39 is 17.5 Å². The van der Waals surface area contributed by atoms with Crippen LogP contribution in [0.25, 0.3) is 0 Å². The average Bonchev–Trinajstić information content (AvgIpc) is 3.04. The van der Waals surface area contributed by atoms with Crippen LogP contribution >= 0.6 is 0 Å². The van der Waals surface area contributed by atoms with E-state index in [0.29, 0.717) is 12.0 Å². The summed E-state index contributed by atoms with van der Waals surface area (Å²) in [4.78, 5) is 20.4. The third kappa shape index (κ3) is 3.80. The third-order valence-corrected chi connectivity index (χ3v) is 3.75. The van der Waals surface area contributed by atoms with Gasteiger partial charge in [-0.2, -0.15) is 0 Å². The Hall–Kier alpha value is -2.57. The predicted octanol–water partition coefficient (Wildman–Crippen LogP) is 3.36. The molecule has 1 aliphatic carbocycles. The van der Waals surface area contributed by atoms with Gasteiger partial charge in [0.15, 0.2) is 11.6 Å². The highest BCUT2D eigenvalue weighted by Crippen LogP contribution is 2.20. The minimum absolute atomic E-state index is 0.158. The van der Waals surface area contributed by atoms with Crippen LogP contribution in [0.1, 0.15) is 36.2 Å². The van der Waals surface area contributed by atoms with Crippen molar-refractivity contribution in [2.45, 2.75) is 31.7 Å². The zero-order valence-electron chi connectivity index (χ0n) is 12.4. The Morgan fingerprint density at radius 3 is 2.65 bits per heavy atom. The van der Waals surface area contributed by atoms with Crippen molar-refractivity contribution in [1.29, 1.82) is 0 Å². The molecule has 1 fully saturated rings. The zero-order valence-corrected chi connectivity index (χ0v) is 12.4. The van der Waals surface area contributed by atoms with Crippen molar-refractivity contribution in [3.05, 3.63) is 47.8 Å². The number of halogens is 2. The monoisotopic (exact) mass is 318 g/mol. The van der Waals surface area contributed by atoms with Gasteiger partial charge in [-0.1, -0.05) is 12.8 Å². The molecule has 1 saturated carbocycles. The molecule has 0 radical (unpaired) electrons. The summed E-state index contributed by atoms with van der Waals surface area (Å²) >= 11 is 0. The van der Waals surface area contributed by atoms with Gasteiger partial charge >= 0.3 is 0 Å². The van der Waals surface area contributed by atoms with E-state index in [1.807, 2.05) is 0 Å². The lowest BCUT2D eigenvalue weighted by Gasteiger charge is -2.12. The van der Waals surface area contributed by atoms with E-state index in [2.05, 4.69) is 20.6 Å². The van der Waals surface area contributed by atoms with Crippen molar-refractivity contribution in [3.63, 3.8) is 0 Å². The Morgan fingerprint density at radius 2 is 1.91 bits per heavy atom. The molecule has 7 heteroatoms. The second kappa shape index (κ2) is 6.68. The van der Waals surface area contributed by atoms with Crippen LogP contribution in [0.15, 0.2) is 30.5 Å². The Labute approximate surface area is 132 Å². The van der Waals surface area contributed by atoms with Crippen molar-refractivity contribution in [1.82, 2.24) is 9.97 Å². The number of amides is 1. The van der Waals surface area contributed by atoms with Crippen LogP contribution in [0, 0.1) is 11.6 Å². The molecule has 0 saturated heterocycles. The first-order chi connectivity index (χ1) is 11.1. The van der Waals surface area contributed by atoms with E-state index >= 15 is 0 Å². The summed E-state index contributed by atoms with van der Waals surface area (Å²) in [5.41, 5.74) is 0.322. The molecule has 2 N–H and O–H groups in total. The third-order valence-electron chi connectivity index (χ3n) is 3.75. The minimum atomic E-state index is -1.02. The molecule has 23 heavy (non-hydrogen) atoms. The van der Waals surface area contributed by atoms with E-state index in [0.717, 1.165) is 25.0 Å². The maximum absolute atomic E-state index is 13.2. The summed E-state index contributed by atoms with van der Waals surface area (Å²) in [6.07, 6.45) is 5.97. The van der Waals surface area contributed by atoms with Gasteiger partial charge < -0.3 is 10.6 Å². The molecule has 1 heterocycles. The van der Waals surface area contributed by atoms with Gasteiger partial charge in [-0.05, 0) is 31.0 Å². The molecule has 1 aromatic heterocycles. The van der Waals surface area contributed by atoms with E-state index in [9.17, 15) is 13.6 Å². The van der Waals surface area contributed by atoms with Crippen LogP contribution < -0.4 is 10.6 Å². The molecule has 0 spiro atoms. The lowest BCUT2D eigenvalue weighted by molar-refractivity contribution is 0.102. The summed E-state index contributed by atoms with van der Waals surface area (Å²) in [6, 6.07) is 4.97. The van der Waals surface area contributed by atoms with Gasteiger partial charge in [-0.25, -0.2) is 18.7 Å². The second-order valence-electron chi connectivity index (χ2n) is 5.47. The fourth-order valence-corrected chi connectivity index (χ4v) is 2.58. The van der Waals surface area contributed by atoms with Gasteiger partial charge in [0.05, 0.1) is 0 Å². The van der Waals surface area contributed by atoms with Crippen LogP contribution in [-0.2, 0) is 0 Å². The smallest absolute Gasteiger partial charge is 0.274 e. The number of nitrogens with zero attached hydrogens (tertiary/aromatic N) is 2. The first kappa shape index (κ1) is 15.3. The number of hydrogen-bond donors (Lipinski definition) is 2. The largest absolute Gasteiger partial charge is 0.351 e. The quantitative estimate of drug-likeness (QED) is 0.907. The maximum Gasteiger partial charge on any atom is 0.274 e. The molecule has 0 unspecified atom stereocenters. The Bertz CT molecular complexity index is 717. The predicted molar refractivity (Wildman–Crippen MR) is 82.2 cm³/mol. The summed E-state index contributed by atoms with van der Waals surface area (Å²) in [7, 11) is 0. The van der Waals surface area contributed by atoms with Crippen LogP contribution in [0.2, 0.25) is 0 Å². The Balaban J connectivity index is 1.70. The normalized spacial score (nSPS) is 14.7. The second-order valence-corrected chi connectivity index (χ2v) is 5.47. The maximum atomic E-state index is 13.2. The summed E-state index contributed by atoms with van der Waals surface area (Å²) in [6.45, 7) is 0. The van der Waals surface area contributed by atoms with E-state index in [1.165, 1.54) is 31.2 Å². The first-order valence-corrected chi connectivity index (χ1v) is 7.48. The van der Waals surface area contributed by atoms with Gasteiger partial charge in [0, 0.05) is 24.0 Å². The molecule has 0 aliphatic heterocycles. The molecule has 5 nitrogen and oxygen atoms in total. The molecule has 120 valence electrons. The van der Waals surface area contributed by atoms with Crippen molar-refractivity contribution in [2.75, 3.05) is 10.6 Å². The van der Waals surface area contributed by atoms with Crippen molar-refractivity contribution in [3.8, 4) is 0 Å². The number of carbonyl (C=O) groups excluding carboxylic acids is 1. The first-order valence-electron chi connectivity index (χ1n) is 7.48. The number of benzene rings is 1. The topological polar surface area (TPSA) is 66.9 Å². The molecular formula is C16H16F2N4O. The van der Waals surface area contributed by atoms with E-state index in [1.54, 1.807) is 0 Å². The van der Waals surface area contributed by atoms with Crippen LogP contribution in [-0.4, -0.2) is 21.9 Å². The van der Waals surface area contributed by atoms with Crippen LogP contribution in [0.3, 0.4) is 0 Å². The van der Waals surface area contributed by atoms with Crippen molar-refractivity contribution < 1.29 is 13.6 Å². The molecule has 1 amide bonds. The minimum Gasteiger partial charge on any atom is -0.351 e. The SMILES string of the molecule is O=C(Nc1ccc(F)c(F)c1)c1ccnc(NC2CCCC2)n1. The lowest BCUT2D eigenvalue weighted by atomic mass is 10.2. The highest BCUT2D eigenvalue weighted by atomic mass is 19.2. The molecule has 1 aliphatic rings. The van der Waals surface area contributed by atoms with Crippen molar-refractivity contribution in [2.24, 2.45) is 0 Å². The van der Waals surface area contributed by atoms with Crippen molar-refractivity contribution >= 4 is 17.5 Å². The summed E-state index contributed by atoms with van der Waals surface area (Å²) in [5, 5.41) is 5.69. The number of nitrogens with one attached hydrogen (secondary N) is 2.